The Morgan fingerprint density at radius 2 is 1.77 bits per heavy atom. The van der Waals surface area contributed by atoms with Gasteiger partial charge in [0.2, 0.25) is 0 Å². The van der Waals surface area contributed by atoms with Crippen LogP contribution in [-0.2, 0) is 14.3 Å². The van der Waals surface area contributed by atoms with E-state index in [2.05, 4.69) is 5.32 Å². The van der Waals surface area contributed by atoms with Crippen LogP contribution in [0.4, 0.5) is 4.79 Å². The number of rotatable bonds is 5. The van der Waals surface area contributed by atoms with Crippen LogP contribution in [0.3, 0.4) is 0 Å². The van der Waals surface area contributed by atoms with E-state index in [1.807, 2.05) is 0 Å². The van der Waals surface area contributed by atoms with E-state index >= 15 is 0 Å². The van der Waals surface area contributed by atoms with Crippen LogP contribution >= 0.6 is 0 Å². The van der Waals surface area contributed by atoms with Crippen LogP contribution in [0.15, 0.2) is 0 Å². The molecule has 2 aliphatic heterocycles. The van der Waals surface area contributed by atoms with Gasteiger partial charge in [-0.3, -0.25) is 9.59 Å². The number of carbonyl (C=O) groups excluding carboxylic acids is 3. The number of imide groups is 1. The zero-order valence-corrected chi connectivity index (χ0v) is 12.7. The van der Waals surface area contributed by atoms with Gasteiger partial charge in [-0.25, -0.2) is 9.69 Å². The lowest BCUT2D eigenvalue weighted by atomic mass is 10.3. The summed E-state index contributed by atoms with van der Waals surface area (Å²) in [4.78, 5) is 38.8. The minimum Gasteiger partial charge on any atom is -0.447 e. The zero-order valence-electron chi connectivity index (χ0n) is 12.7. The predicted octanol–water partition coefficient (Wildman–Crippen LogP) is -3.97. The first-order valence-corrected chi connectivity index (χ1v) is 8.05. The minimum atomic E-state index is -0.523. The molecule has 0 aromatic carbocycles. The summed E-state index contributed by atoms with van der Waals surface area (Å²) in [5, 5.41) is 3.01. The maximum atomic E-state index is 12.0. The lowest BCUT2D eigenvalue weighted by molar-refractivity contribution is -1.00. The van der Waals surface area contributed by atoms with E-state index in [9.17, 15) is 14.4 Å². The maximum absolute atomic E-state index is 12.0. The highest BCUT2D eigenvalue weighted by Gasteiger charge is 2.33. The summed E-state index contributed by atoms with van der Waals surface area (Å²) in [6.45, 7) is 4.97. The number of carbonyl (C=O) groups is 3. The van der Waals surface area contributed by atoms with Gasteiger partial charge in [-0.15, -0.1) is 0 Å². The summed E-state index contributed by atoms with van der Waals surface area (Å²) >= 11 is 0. The Hall–Kier alpha value is -1.67. The van der Waals surface area contributed by atoms with Gasteiger partial charge in [0.1, 0.15) is 32.8 Å². The van der Waals surface area contributed by atoms with Crippen LogP contribution in [0.2, 0.25) is 0 Å². The molecule has 0 bridgehead atoms. The molecule has 22 heavy (non-hydrogen) atoms. The van der Waals surface area contributed by atoms with E-state index in [-0.39, 0.29) is 11.8 Å². The molecule has 2 saturated heterocycles. The van der Waals surface area contributed by atoms with Crippen LogP contribution in [0.1, 0.15) is 12.8 Å². The van der Waals surface area contributed by atoms with Gasteiger partial charge < -0.3 is 19.9 Å². The van der Waals surface area contributed by atoms with Gasteiger partial charge in [0, 0.05) is 6.04 Å². The number of nitrogens with one attached hydrogen (secondary N) is 3. The average Bonchev–Trinajstić information content (AvgIpc) is 3.19. The van der Waals surface area contributed by atoms with E-state index < -0.39 is 6.09 Å². The molecule has 3 N–H and O–H groups in total. The maximum Gasteiger partial charge on any atom is 0.416 e. The van der Waals surface area contributed by atoms with Crippen molar-refractivity contribution >= 4 is 17.9 Å². The van der Waals surface area contributed by atoms with Crippen LogP contribution in [-0.4, -0.2) is 81.3 Å². The highest BCUT2D eigenvalue weighted by atomic mass is 16.6. The Morgan fingerprint density at radius 1 is 1.14 bits per heavy atom. The average molecular weight is 312 g/mol. The third-order valence-electron chi connectivity index (χ3n) is 4.48. The number of hydrogen-bond acceptors (Lipinski definition) is 4. The first kappa shape index (κ1) is 15.2. The van der Waals surface area contributed by atoms with Crippen LogP contribution in [0.5, 0.6) is 0 Å². The molecule has 122 valence electrons. The Morgan fingerprint density at radius 3 is 2.32 bits per heavy atom. The second-order valence-electron chi connectivity index (χ2n) is 6.36. The van der Waals surface area contributed by atoms with Gasteiger partial charge in [0.15, 0.2) is 13.1 Å². The Bertz CT molecular complexity index is 458. The quantitative estimate of drug-likeness (QED) is 0.483. The summed E-state index contributed by atoms with van der Waals surface area (Å²) in [5.74, 6) is -0.0238. The fourth-order valence-electron chi connectivity index (χ4n) is 2.97. The first-order valence-electron chi connectivity index (χ1n) is 8.05. The molecule has 3 fully saturated rings. The monoisotopic (exact) mass is 312 g/mol. The van der Waals surface area contributed by atoms with Crippen molar-refractivity contribution in [3.8, 4) is 0 Å². The number of ether oxygens (including phenoxy) is 1. The topological polar surface area (TPSA) is 84.6 Å². The molecule has 3 aliphatic rings. The van der Waals surface area contributed by atoms with Gasteiger partial charge in [-0.2, -0.15) is 0 Å². The molecule has 0 aromatic rings. The lowest BCUT2D eigenvalue weighted by Gasteiger charge is -2.29. The number of quaternary nitrogens is 2. The third-order valence-corrected chi connectivity index (χ3v) is 4.48. The summed E-state index contributed by atoms with van der Waals surface area (Å²) in [6, 6.07) is 0.414. The first-order chi connectivity index (χ1) is 10.6. The molecule has 1 saturated carbocycles. The number of piperazine rings is 1. The van der Waals surface area contributed by atoms with Gasteiger partial charge in [0.05, 0.1) is 6.54 Å². The second kappa shape index (κ2) is 6.62. The van der Waals surface area contributed by atoms with E-state index in [4.69, 9.17) is 4.74 Å². The number of nitrogens with zero attached hydrogens (tertiary/aromatic N) is 1. The molecule has 0 aromatic heterocycles. The molecule has 3 amide bonds. The second-order valence-corrected chi connectivity index (χ2v) is 6.36. The van der Waals surface area contributed by atoms with E-state index in [1.165, 1.54) is 14.7 Å². The molecular formula is C14H24N4O4+2. The van der Waals surface area contributed by atoms with Crippen molar-refractivity contribution in [2.24, 2.45) is 0 Å². The summed E-state index contributed by atoms with van der Waals surface area (Å²) < 4.78 is 4.78. The molecule has 3 rings (SSSR count). The van der Waals surface area contributed by atoms with Gasteiger partial charge >= 0.3 is 6.09 Å². The van der Waals surface area contributed by atoms with Crippen molar-refractivity contribution < 1.29 is 28.9 Å². The van der Waals surface area contributed by atoms with Crippen molar-refractivity contribution in [1.82, 2.24) is 10.2 Å². The minimum absolute atomic E-state index is 0.136. The lowest BCUT2D eigenvalue weighted by Crippen LogP contribution is -3.28. The standard InChI is InChI=1S/C14H22N4O4/c19-12(15-11-1-2-11)9-16-3-5-17(6-4-16)10-13(20)18-7-8-22-14(18)21/h11H,1-10H2,(H,15,19)/p+2. The third kappa shape index (κ3) is 3.95. The summed E-state index contributed by atoms with van der Waals surface area (Å²) in [6.07, 6.45) is 1.70. The highest BCUT2D eigenvalue weighted by Crippen LogP contribution is 2.17. The molecule has 2 heterocycles. The SMILES string of the molecule is O=C(C[NH+]1CC[NH+](CC(=O)N2CCOC2=O)CC1)NC1CC1. The van der Waals surface area contributed by atoms with E-state index in [0.717, 1.165) is 39.0 Å². The van der Waals surface area contributed by atoms with Crippen LogP contribution in [0, 0.1) is 0 Å². The summed E-state index contributed by atoms with van der Waals surface area (Å²) in [5.41, 5.74) is 0. The van der Waals surface area contributed by atoms with Gasteiger partial charge in [-0.05, 0) is 12.8 Å². The number of amides is 3. The molecule has 0 spiro atoms. The molecule has 8 nitrogen and oxygen atoms in total. The molecule has 1 aliphatic carbocycles. The fourth-order valence-corrected chi connectivity index (χ4v) is 2.97. The van der Waals surface area contributed by atoms with E-state index in [1.54, 1.807) is 0 Å². The molecule has 8 heteroatoms. The number of cyclic esters (lactones) is 1. The predicted molar refractivity (Wildman–Crippen MR) is 75.4 cm³/mol. The van der Waals surface area contributed by atoms with E-state index in [0.29, 0.717) is 32.3 Å². The van der Waals surface area contributed by atoms with Crippen molar-refractivity contribution in [2.45, 2.75) is 18.9 Å². The normalized spacial score (nSPS) is 28.4. The van der Waals surface area contributed by atoms with Gasteiger partial charge in [-0.1, -0.05) is 0 Å². The molecule has 0 radical (unpaired) electrons. The fraction of sp³-hybridized carbons (Fsp3) is 0.786. The largest absolute Gasteiger partial charge is 0.447 e. The molecule has 0 atom stereocenters. The van der Waals surface area contributed by atoms with Crippen molar-refractivity contribution in [3.05, 3.63) is 0 Å². The van der Waals surface area contributed by atoms with Crippen molar-refractivity contribution in [3.63, 3.8) is 0 Å². The number of hydrogen-bond donors (Lipinski definition) is 3. The Labute approximate surface area is 129 Å². The highest BCUT2D eigenvalue weighted by molar-refractivity contribution is 5.93. The van der Waals surface area contributed by atoms with Crippen LogP contribution in [0.25, 0.3) is 0 Å². The Balaban J connectivity index is 1.36. The molecular weight excluding hydrogens is 288 g/mol. The zero-order chi connectivity index (χ0) is 15.5. The smallest absolute Gasteiger partial charge is 0.416 e. The Kier molecular flexibility index (Phi) is 4.58. The molecule has 0 unspecified atom stereocenters. The van der Waals surface area contributed by atoms with Crippen molar-refractivity contribution in [1.29, 1.82) is 0 Å². The summed E-state index contributed by atoms with van der Waals surface area (Å²) in [7, 11) is 0. The van der Waals surface area contributed by atoms with Gasteiger partial charge in [0.25, 0.3) is 11.8 Å². The van der Waals surface area contributed by atoms with Crippen molar-refractivity contribution in [2.75, 3.05) is 52.4 Å². The van der Waals surface area contributed by atoms with Crippen LogP contribution < -0.4 is 15.1 Å².